The van der Waals surface area contributed by atoms with Crippen molar-refractivity contribution in [2.75, 3.05) is 18.2 Å². The summed E-state index contributed by atoms with van der Waals surface area (Å²) in [6.45, 7) is 0. The van der Waals surface area contributed by atoms with Crippen molar-refractivity contribution >= 4 is 11.6 Å². The lowest BCUT2D eigenvalue weighted by molar-refractivity contribution is 0.411. The van der Waals surface area contributed by atoms with Crippen molar-refractivity contribution in [1.29, 1.82) is 0 Å². The van der Waals surface area contributed by atoms with Crippen LogP contribution < -0.4 is 15.8 Å². The number of nitrogens with one attached hydrogen (secondary N) is 1. The molecule has 0 aliphatic heterocycles. The second kappa shape index (κ2) is 5.36. The van der Waals surface area contributed by atoms with Crippen LogP contribution in [-0.4, -0.2) is 17.1 Å². The number of ether oxygens (including phenoxy) is 1. The van der Waals surface area contributed by atoms with Gasteiger partial charge in [-0.2, -0.15) is 0 Å². The van der Waals surface area contributed by atoms with E-state index in [1.165, 1.54) is 11.1 Å². The number of benzene rings is 1. The van der Waals surface area contributed by atoms with Crippen molar-refractivity contribution in [1.82, 2.24) is 9.97 Å². The summed E-state index contributed by atoms with van der Waals surface area (Å²) in [5.41, 5.74) is 9.29. The van der Waals surface area contributed by atoms with E-state index < -0.39 is 0 Å². The highest BCUT2D eigenvalue weighted by molar-refractivity contribution is 5.48. The minimum atomic E-state index is 0.243. The number of hydrogen-bond donors (Lipinski definition) is 2. The highest BCUT2D eigenvalue weighted by Gasteiger charge is 2.20. The Balaban J connectivity index is 1.81. The predicted molar refractivity (Wildman–Crippen MR) is 78.7 cm³/mol. The lowest BCUT2D eigenvalue weighted by Crippen LogP contribution is -2.18. The van der Waals surface area contributed by atoms with Gasteiger partial charge >= 0.3 is 0 Å². The number of anilines is 2. The van der Waals surface area contributed by atoms with Gasteiger partial charge in [0.1, 0.15) is 0 Å². The third kappa shape index (κ3) is 2.52. The summed E-state index contributed by atoms with van der Waals surface area (Å²) < 4.78 is 5.06. The summed E-state index contributed by atoms with van der Waals surface area (Å²) in [6, 6.07) is 6.37. The van der Waals surface area contributed by atoms with E-state index in [0.717, 1.165) is 24.9 Å². The van der Waals surface area contributed by atoms with E-state index in [-0.39, 0.29) is 6.04 Å². The first-order valence-electron chi connectivity index (χ1n) is 6.77. The molecule has 1 aromatic heterocycles. The second-order valence-electron chi connectivity index (χ2n) is 4.99. The van der Waals surface area contributed by atoms with Crippen LogP contribution in [0.1, 0.15) is 30.0 Å². The Kier molecular flexibility index (Phi) is 3.41. The summed E-state index contributed by atoms with van der Waals surface area (Å²) in [7, 11) is 1.60. The summed E-state index contributed by atoms with van der Waals surface area (Å²) >= 11 is 0. The molecule has 0 fully saturated rings. The van der Waals surface area contributed by atoms with Crippen LogP contribution in [0.15, 0.2) is 30.6 Å². The average Bonchev–Trinajstić information content (AvgIpc) is 2.48. The van der Waals surface area contributed by atoms with Gasteiger partial charge in [0.15, 0.2) is 5.75 Å². The van der Waals surface area contributed by atoms with Crippen LogP contribution >= 0.6 is 0 Å². The molecule has 3 rings (SSSR count). The highest BCUT2D eigenvalue weighted by atomic mass is 16.5. The maximum Gasteiger partial charge on any atom is 0.223 e. The van der Waals surface area contributed by atoms with Gasteiger partial charge in [-0.25, -0.2) is 9.97 Å². The van der Waals surface area contributed by atoms with Gasteiger partial charge in [-0.1, -0.05) is 6.07 Å². The van der Waals surface area contributed by atoms with E-state index in [2.05, 4.69) is 27.4 Å². The topological polar surface area (TPSA) is 73.1 Å². The van der Waals surface area contributed by atoms with Crippen LogP contribution in [-0.2, 0) is 6.42 Å². The number of nitrogens with two attached hydrogens (primary N) is 1. The Morgan fingerprint density at radius 3 is 2.85 bits per heavy atom. The summed E-state index contributed by atoms with van der Waals surface area (Å²) in [6.07, 6.45) is 6.64. The minimum Gasteiger partial charge on any atom is -0.494 e. The molecule has 0 saturated heterocycles. The van der Waals surface area contributed by atoms with Gasteiger partial charge in [-0.15, -0.1) is 0 Å². The SMILES string of the molecule is COc1cnc(NC2CCCc3cc(N)ccc32)nc1. The number of nitrogen functional groups attached to an aromatic ring is 1. The number of aryl methyl sites for hydroxylation is 1. The van der Waals surface area contributed by atoms with Crippen molar-refractivity contribution in [2.24, 2.45) is 0 Å². The van der Waals surface area contributed by atoms with Crippen LogP contribution in [0.2, 0.25) is 0 Å². The maximum absolute atomic E-state index is 5.85. The summed E-state index contributed by atoms with van der Waals surface area (Å²) in [5.74, 6) is 1.29. The first-order valence-corrected chi connectivity index (χ1v) is 6.77. The van der Waals surface area contributed by atoms with E-state index in [9.17, 15) is 0 Å². The third-order valence-corrected chi connectivity index (χ3v) is 3.65. The predicted octanol–water partition coefficient (Wildman–Crippen LogP) is 2.56. The van der Waals surface area contributed by atoms with Crippen molar-refractivity contribution in [3.05, 3.63) is 41.7 Å². The van der Waals surface area contributed by atoms with E-state index in [1.54, 1.807) is 19.5 Å². The zero-order valence-corrected chi connectivity index (χ0v) is 11.5. The molecular formula is C15H18N4O. The fraction of sp³-hybridized carbons (Fsp3) is 0.333. The van der Waals surface area contributed by atoms with Crippen LogP contribution in [0.3, 0.4) is 0 Å². The van der Waals surface area contributed by atoms with Gasteiger partial charge in [0.2, 0.25) is 5.95 Å². The molecule has 0 spiro atoms. The Morgan fingerprint density at radius 1 is 1.30 bits per heavy atom. The fourth-order valence-electron chi connectivity index (χ4n) is 2.64. The highest BCUT2D eigenvalue weighted by Crippen LogP contribution is 2.32. The molecule has 1 aliphatic carbocycles. The number of rotatable bonds is 3. The van der Waals surface area contributed by atoms with Crippen molar-refractivity contribution in [3.8, 4) is 5.75 Å². The van der Waals surface area contributed by atoms with Crippen LogP contribution in [0.5, 0.6) is 5.75 Å². The van der Waals surface area contributed by atoms with E-state index in [0.29, 0.717) is 11.7 Å². The second-order valence-corrected chi connectivity index (χ2v) is 4.99. The molecule has 2 aromatic rings. The van der Waals surface area contributed by atoms with Crippen molar-refractivity contribution in [3.63, 3.8) is 0 Å². The van der Waals surface area contributed by atoms with Crippen LogP contribution in [0.25, 0.3) is 0 Å². The zero-order chi connectivity index (χ0) is 13.9. The Bertz CT molecular complexity index is 597. The standard InChI is InChI=1S/C15H18N4O/c1-20-12-8-17-15(18-9-12)19-14-4-2-3-10-7-11(16)5-6-13(10)14/h5-9,14H,2-4,16H2,1H3,(H,17,18,19). The quantitative estimate of drug-likeness (QED) is 0.838. The van der Waals surface area contributed by atoms with E-state index >= 15 is 0 Å². The number of fused-ring (bicyclic) bond motifs is 1. The molecule has 20 heavy (non-hydrogen) atoms. The molecule has 1 aliphatic rings. The molecule has 1 aromatic carbocycles. The van der Waals surface area contributed by atoms with Gasteiger partial charge in [0, 0.05) is 5.69 Å². The molecule has 0 bridgehead atoms. The molecule has 1 unspecified atom stereocenters. The summed E-state index contributed by atoms with van der Waals surface area (Å²) in [5, 5.41) is 3.39. The van der Waals surface area contributed by atoms with Gasteiger partial charge in [0.05, 0.1) is 25.5 Å². The van der Waals surface area contributed by atoms with Crippen molar-refractivity contribution < 1.29 is 4.74 Å². The number of methoxy groups -OCH3 is 1. The third-order valence-electron chi connectivity index (χ3n) is 3.65. The van der Waals surface area contributed by atoms with Crippen LogP contribution in [0, 0.1) is 0 Å². The molecule has 0 radical (unpaired) electrons. The molecule has 0 amide bonds. The lowest BCUT2D eigenvalue weighted by atomic mass is 9.87. The van der Waals surface area contributed by atoms with Gasteiger partial charge in [-0.05, 0) is 42.5 Å². The summed E-state index contributed by atoms with van der Waals surface area (Å²) in [4.78, 5) is 8.52. The Morgan fingerprint density at radius 2 is 2.10 bits per heavy atom. The monoisotopic (exact) mass is 270 g/mol. The van der Waals surface area contributed by atoms with Crippen molar-refractivity contribution in [2.45, 2.75) is 25.3 Å². The lowest BCUT2D eigenvalue weighted by Gasteiger charge is -2.26. The van der Waals surface area contributed by atoms with E-state index in [4.69, 9.17) is 10.5 Å². The Hall–Kier alpha value is -2.30. The number of nitrogens with zero attached hydrogens (tertiary/aromatic N) is 2. The van der Waals surface area contributed by atoms with Crippen LogP contribution in [0.4, 0.5) is 11.6 Å². The smallest absolute Gasteiger partial charge is 0.223 e. The minimum absolute atomic E-state index is 0.243. The molecule has 1 heterocycles. The fourth-order valence-corrected chi connectivity index (χ4v) is 2.64. The largest absolute Gasteiger partial charge is 0.494 e. The van der Waals surface area contributed by atoms with Gasteiger partial charge < -0.3 is 15.8 Å². The maximum atomic E-state index is 5.85. The molecular weight excluding hydrogens is 252 g/mol. The molecule has 1 atom stereocenters. The normalized spacial score (nSPS) is 17.4. The molecule has 104 valence electrons. The molecule has 5 heteroatoms. The first kappa shape index (κ1) is 12.7. The first-order chi connectivity index (χ1) is 9.76. The van der Waals surface area contributed by atoms with Gasteiger partial charge in [0.25, 0.3) is 0 Å². The average molecular weight is 270 g/mol. The van der Waals surface area contributed by atoms with Gasteiger partial charge in [-0.3, -0.25) is 0 Å². The number of aromatic nitrogens is 2. The molecule has 0 saturated carbocycles. The number of hydrogen-bond acceptors (Lipinski definition) is 5. The zero-order valence-electron chi connectivity index (χ0n) is 11.5. The molecule has 5 nitrogen and oxygen atoms in total. The Labute approximate surface area is 118 Å². The van der Waals surface area contributed by atoms with E-state index in [1.807, 2.05) is 6.07 Å². The molecule has 3 N–H and O–H groups in total.